The van der Waals surface area contributed by atoms with Crippen LogP contribution in [-0.4, -0.2) is 18.7 Å². The molecule has 11 heavy (non-hydrogen) atoms. The SMILES string of the molecule is C=NC(C)C(C)C(=O)OP=S. The molecule has 0 aromatic carbocycles. The Morgan fingerprint density at radius 3 is 2.64 bits per heavy atom. The molecule has 0 spiro atoms. The number of nitrogens with zero attached hydrogens (tertiary/aromatic N) is 1. The van der Waals surface area contributed by atoms with Crippen LogP contribution in [0, 0.1) is 5.92 Å². The van der Waals surface area contributed by atoms with E-state index in [0.717, 1.165) is 0 Å². The molecule has 0 amide bonds. The summed E-state index contributed by atoms with van der Waals surface area (Å²) < 4.78 is 4.59. The number of hydrogen-bond acceptors (Lipinski definition) is 4. The summed E-state index contributed by atoms with van der Waals surface area (Å²) in [7, 11) is 0.217. The quantitative estimate of drug-likeness (QED) is 0.500. The molecule has 0 saturated heterocycles. The first kappa shape index (κ1) is 10.7. The van der Waals surface area contributed by atoms with Crippen molar-refractivity contribution in [2.45, 2.75) is 19.9 Å². The van der Waals surface area contributed by atoms with Crippen molar-refractivity contribution in [1.29, 1.82) is 0 Å². The molecule has 2 atom stereocenters. The van der Waals surface area contributed by atoms with Crippen molar-refractivity contribution < 1.29 is 9.32 Å². The summed E-state index contributed by atoms with van der Waals surface area (Å²) in [6.07, 6.45) is 0. The van der Waals surface area contributed by atoms with Crippen molar-refractivity contribution in [3.05, 3.63) is 0 Å². The first-order valence-corrected chi connectivity index (χ1v) is 4.95. The van der Waals surface area contributed by atoms with Crippen LogP contribution >= 0.6 is 7.58 Å². The van der Waals surface area contributed by atoms with Gasteiger partial charge in [-0.3, -0.25) is 9.79 Å². The van der Waals surface area contributed by atoms with Crippen LogP contribution in [0.2, 0.25) is 0 Å². The maximum absolute atomic E-state index is 11.0. The smallest absolute Gasteiger partial charge is 0.319 e. The lowest BCUT2D eigenvalue weighted by molar-refractivity contribution is -0.137. The van der Waals surface area contributed by atoms with Gasteiger partial charge < -0.3 is 4.52 Å². The van der Waals surface area contributed by atoms with Crippen LogP contribution in [-0.2, 0) is 21.1 Å². The molecule has 0 saturated carbocycles. The summed E-state index contributed by atoms with van der Waals surface area (Å²) in [6.45, 7) is 6.88. The van der Waals surface area contributed by atoms with Crippen molar-refractivity contribution in [3.8, 4) is 0 Å². The second-order valence-electron chi connectivity index (χ2n) is 2.20. The predicted octanol–water partition coefficient (Wildman–Crippen LogP) is 1.58. The average Bonchev–Trinajstić information content (AvgIpc) is 2.02. The highest BCUT2D eigenvalue weighted by atomic mass is 32.4. The molecule has 0 fully saturated rings. The largest absolute Gasteiger partial charge is 0.395 e. The number of hydrogen-bond donors (Lipinski definition) is 0. The lowest BCUT2D eigenvalue weighted by Gasteiger charge is -2.11. The molecular formula is C6H10NO2PS. The number of rotatable bonds is 4. The highest BCUT2D eigenvalue weighted by Gasteiger charge is 2.19. The maximum Gasteiger partial charge on any atom is 0.319 e. The second-order valence-corrected chi connectivity index (χ2v) is 2.98. The first-order chi connectivity index (χ1) is 5.13. The van der Waals surface area contributed by atoms with Gasteiger partial charge in [0.05, 0.1) is 12.0 Å². The normalized spacial score (nSPS) is 15.5. The molecule has 2 unspecified atom stereocenters. The third kappa shape index (κ3) is 3.54. The molecule has 0 radical (unpaired) electrons. The molecule has 0 aliphatic carbocycles. The van der Waals surface area contributed by atoms with E-state index in [9.17, 15) is 4.79 Å². The Morgan fingerprint density at radius 2 is 2.27 bits per heavy atom. The van der Waals surface area contributed by atoms with Gasteiger partial charge in [-0.05, 0) is 32.4 Å². The molecule has 0 bridgehead atoms. The third-order valence-corrected chi connectivity index (χ3v) is 1.99. The average molecular weight is 191 g/mol. The minimum Gasteiger partial charge on any atom is -0.395 e. The van der Waals surface area contributed by atoms with Gasteiger partial charge in [0, 0.05) is 0 Å². The van der Waals surface area contributed by atoms with E-state index in [1.165, 1.54) is 0 Å². The van der Waals surface area contributed by atoms with Crippen LogP contribution in [0.1, 0.15) is 13.8 Å². The van der Waals surface area contributed by atoms with Gasteiger partial charge in [0.2, 0.25) is 7.58 Å². The second kappa shape index (κ2) is 5.33. The topological polar surface area (TPSA) is 38.7 Å². The highest BCUT2D eigenvalue weighted by molar-refractivity contribution is 7.94. The van der Waals surface area contributed by atoms with E-state index in [-0.39, 0.29) is 25.5 Å². The zero-order valence-electron chi connectivity index (χ0n) is 6.48. The lowest BCUT2D eigenvalue weighted by Crippen LogP contribution is -2.21. The Labute approximate surface area is 72.8 Å². The van der Waals surface area contributed by atoms with E-state index in [1.807, 2.05) is 0 Å². The van der Waals surface area contributed by atoms with E-state index in [1.54, 1.807) is 13.8 Å². The van der Waals surface area contributed by atoms with Crippen molar-refractivity contribution in [2.75, 3.05) is 0 Å². The molecule has 3 nitrogen and oxygen atoms in total. The van der Waals surface area contributed by atoms with E-state index in [2.05, 4.69) is 28.0 Å². The van der Waals surface area contributed by atoms with Crippen LogP contribution in [0.4, 0.5) is 0 Å². The Bertz CT molecular complexity index is 174. The van der Waals surface area contributed by atoms with Crippen molar-refractivity contribution in [3.63, 3.8) is 0 Å². The number of carbonyl (C=O) groups excluding carboxylic acids is 1. The van der Waals surface area contributed by atoms with Crippen LogP contribution in [0.25, 0.3) is 0 Å². The Morgan fingerprint density at radius 1 is 1.73 bits per heavy atom. The van der Waals surface area contributed by atoms with E-state index in [0.29, 0.717) is 0 Å². The zero-order valence-corrected chi connectivity index (χ0v) is 8.19. The van der Waals surface area contributed by atoms with Crippen LogP contribution in [0.15, 0.2) is 4.99 Å². The molecule has 0 aromatic rings. The number of aliphatic imine (C=N–C) groups is 1. The Kier molecular flexibility index (Phi) is 5.16. The zero-order chi connectivity index (χ0) is 8.85. The van der Waals surface area contributed by atoms with Crippen molar-refractivity contribution in [1.82, 2.24) is 0 Å². The van der Waals surface area contributed by atoms with E-state index in [4.69, 9.17) is 0 Å². The predicted molar refractivity (Wildman–Crippen MR) is 48.6 cm³/mol. The van der Waals surface area contributed by atoms with Gasteiger partial charge in [0.15, 0.2) is 0 Å². The third-order valence-electron chi connectivity index (χ3n) is 1.51. The first-order valence-electron chi connectivity index (χ1n) is 3.12. The van der Waals surface area contributed by atoms with Gasteiger partial charge in [-0.15, -0.1) is 0 Å². The summed E-state index contributed by atoms with van der Waals surface area (Å²) in [5, 5.41) is 0. The van der Waals surface area contributed by atoms with Gasteiger partial charge in [-0.25, -0.2) is 0 Å². The fraction of sp³-hybridized carbons (Fsp3) is 0.667. The molecule has 0 aromatic heterocycles. The minimum absolute atomic E-state index is 0.112. The lowest BCUT2D eigenvalue weighted by atomic mass is 10.1. The van der Waals surface area contributed by atoms with Gasteiger partial charge in [-0.2, -0.15) is 0 Å². The fourth-order valence-corrected chi connectivity index (χ4v) is 0.935. The van der Waals surface area contributed by atoms with Crippen molar-refractivity contribution >= 4 is 32.1 Å². The molecular weight excluding hydrogens is 181 g/mol. The summed E-state index contributed by atoms with van der Waals surface area (Å²) >= 11 is 4.45. The number of carbonyl (C=O) groups is 1. The summed E-state index contributed by atoms with van der Waals surface area (Å²) in [6, 6.07) is -0.112. The maximum atomic E-state index is 11.0. The standard InChI is InChI=1S/C6H10NO2PS/c1-4(5(2)7-3)6(8)9-10-11/h4-5H,3H2,1-2H3. The van der Waals surface area contributed by atoms with Gasteiger partial charge >= 0.3 is 5.97 Å². The van der Waals surface area contributed by atoms with E-state index < -0.39 is 0 Å². The monoisotopic (exact) mass is 191 g/mol. The molecule has 0 aliphatic heterocycles. The Balaban J connectivity index is 4.00. The summed E-state index contributed by atoms with van der Waals surface area (Å²) in [5.41, 5.74) is 0. The van der Waals surface area contributed by atoms with Gasteiger partial charge in [0.25, 0.3) is 0 Å². The summed E-state index contributed by atoms with van der Waals surface area (Å²) in [4.78, 5) is 14.7. The minimum atomic E-state index is -0.318. The molecule has 0 N–H and O–H groups in total. The van der Waals surface area contributed by atoms with Gasteiger partial charge in [0.1, 0.15) is 0 Å². The summed E-state index contributed by atoms with van der Waals surface area (Å²) in [5.74, 6) is -0.579. The molecule has 5 heteroatoms. The Hall–Kier alpha value is -0.340. The van der Waals surface area contributed by atoms with Gasteiger partial charge in [-0.1, -0.05) is 0 Å². The molecule has 0 heterocycles. The van der Waals surface area contributed by atoms with E-state index >= 15 is 0 Å². The highest BCUT2D eigenvalue weighted by Crippen LogP contribution is 2.11. The molecule has 0 rings (SSSR count). The van der Waals surface area contributed by atoms with Crippen LogP contribution in [0.5, 0.6) is 0 Å². The van der Waals surface area contributed by atoms with Crippen LogP contribution in [0.3, 0.4) is 0 Å². The fourth-order valence-electron chi connectivity index (χ4n) is 0.475. The molecule has 0 aliphatic rings. The molecule has 62 valence electrons. The van der Waals surface area contributed by atoms with Crippen molar-refractivity contribution in [2.24, 2.45) is 10.9 Å². The van der Waals surface area contributed by atoms with Crippen LogP contribution < -0.4 is 0 Å².